The van der Waals surface area contributed by atoms with Gasteiger partial charge in [-0.1, -0.05) is 35.3 Å². The van der Waals surface area contributed by atoms with Crippen molar-refractivity contribution in [2.75, 3.05) is 13.7 Å². The first-order valence-electron chi connectivity index (χ1n) is 5.64. The Hall–Kier alpha value is -1.52. The number of hydrogen-bond acceptors (Lipinski definition) is 4. The minimum absolute atomic E-state index is 0.347. The monoisotopic (exact) mass is 298 g/mol. The molecule has 0 atom stereocenters. The van der Waals surface area contributed by atoms with Crippen molar-refractivity contribution in [2.24, 2.45) is 0 Å². The summed E-state index contributed by atoms with van der Waals surface area (Å²) in [7, 11) is 1.53. The fourth-order valence-electron chi connectivity index (χ4n) is 1.47. The van der Waals surface area contributed by atoms with Crippen LogP contribution in [0.5, 0.6) is 11.6 Å². The largest absolute Gasteiger partial charge is 0.492 e. The van der Waals surface area contributed by atoms with Crippen molar-refractivity contribution in [3.05, 3.63) is 46.3 Å². The standard InChI is InChI=1S/C13H12Cl2N2O2/c1-18-13-8-11(15)16-12(17-13)6-7-19-10-5-3-2-4-9(10)14/h2-5,8H,6-7H2,1H3. The van der Waals surface area contributed by atoms with Crippen molar-refractivity contribution in [1.29, 1.82) is 0 Å². The minimum Gasteiger partial charge on any atom is -0.492 e. The molecule has 1 aromatic carbocycles. The number of methoxy groups -OCH3 is 1. The van der Waals surface area contributed by atoms with Crippen LogP contribution < -0.4 is 9.47 Å². The zero-order chi connectivity index (χ0) is 13.7. The van der Waals surface area contributed by atoms with Crippen LogP contribution in [-0.2, 0) is 6.42 Å². The predicted octanol–water partition coefficient (Wildman–Crippen LogP) is 3.41. The Labute approximate surface area is 121 Å². The van der Waals surface area contributed by atoms with Crippen LogP contribution in [0, 0.1) is 0 Å². The van der Waals surface area contributed by atoms with Gasteiger partial charge in [0.25, 0.3) is 0 Å². The third kappa shape index (κ3) is 3.98. The third-order valence-electron chi connectivity index (χ3n) is 2.35. The van der Waals surface area contributed by atoms with Crippen molar-refractivity contribution < 1.29 is 9.47 Å². The maximum atomic E-state index is 5.98. The van der Waals surface area contributed by atoms with E-state index in [1.165, 1.54) is 7.11 Å². The highest BCUT2D eigenvalue weighted by Crippen LogP contribution is 2.23. The zero-order valence-corrected chi connectivity index (χ0v) is 11.8. The SMILES string of the molecule is COc1cc(Cl)nc(CCOc2ccccc2Cl)n1. The van der Waals surface area contributed by atoms with Crippen LogP contribution in [0.25, 0.3) is 0 Å². The van der Waals surface area contributed by atoms with Gasteiger partial charge in [-0.2, -0.15) is 4.98 Å². The van der Waals surface area contributed by atoms with Crippen LogP contribution in [0.1, 0.15) is 5.82 Å². The smallest absolute Gasteiger partial charge is 0.217 e. The van der Waals surface area contributed by atoms with E-state index in [2.05, 4.69) is 9.97 Å². The number of aromatic nitrogens is 2. The van der Waals surface area contributed by atoms with E-state index in [4.69, 9.17) is 32.7 Å². The summed E-state index contributed by atoms with van der Waals surface area (Å²) in [6, 6.07) is 8.85. The highest BCUT2D eigenvalue weighted by atomic mass is 35.5. The molecule has 0 N–H and O–H groups in total. The lowest BCUT2D eigenvalue weighted by Gasteiger charge is -2.07. The van der Waals surface area contributed by atoms with Gasteiger partial charge >= 0.3 is 0 Å². The molecule has 0 unspecified atom stereocenters. The fraction of sp³-hybridized carbons (Fsp3) is 0.231. The Bertz CT molecular complexity index is 564. The van der Waals surface area contributed by atoms with Gasteiger partial charge in [0, 0.05) is 12.5 Å². The first-order chi connectivity index (χ1) is 9.19. The molecule has 19 heavy (non-hydrogen) atoms. The van der Waals surface area contributed by atoms with Gasteiger partial charge in [-0.15, -0.1) is 0 Å². The van der Waals surface area contributed by atoms with E-state index >= 15 is 0 Å². The van der Waals surface area contributed by atoms with Crippen LogP contribution in [0.4, 0.5) is 0 Å². The molecule has 0 amide bonds. The second-order valence-corrected chi connectivity index (χ2v) is 4.47. The Kier molecular flexibility index (Phi) is 4.82. The van der Waals surface area contributed by atoms with Gasteiger partial charge in [-0.25, -0.2) is 4.98 Å². The lowest BCUT2D eigenvalue weighted by atomic mass is 10.3. The van der Waals surface area contributed by atoms with E-state index in [-0.39, 0.29) is 0 Å². The number of para-hydroxylation sites is 1. The van der Waals surface area contributed by atoms with Crippen LogP contribution >= 0.6 is 23.2 Å². The van der Waals surface area contributed by atoms with Gasteiger partial charge in [0.1, 0.15) is 16.7 Å². The second kappa shape index (κ2) is 6.59. The van der Waals surface area contributed by atoms with Gasteiger partial charge < -0.3 is 9.47 Å². The summed E-state index contributed by atoms with van der Waals surface area (Å²) in [5, 5.41) is 0.923. The van der Waals surface area contributed by atoms with Crippen molar-refractivity contribution in [1.82, 2.24) is 9.97 Å². The molecule has 0 spiro atoms. The van der Waals surface area contributed by atoms with E-state index in [0.717, 1.165) is 0 Å². The molecule has 1 aromatic heterocycles. The molecule has 4 nitrogen and oxygen atoms in total. The van der Waals surface area contributed by atoms with E-state index < -0.39 is 0 Å². The third-order valence-corrected chi connectivity index (χ3v) is 2.85. The molecule has 1 heterocycles. The molecule has 0 radical (unpaired) electrons. The zero-order valence-electron chi connectivity index (χ0n) is 10.3. The van der Waals surface area contributed by atoms with Crippen LogP contribution in [0.2, 0.25) is 10.2 Å². The number of ether oxygens (including phenoxy) is 2. The van der Waals surface area contributed by atoms with Gasteiger partial charge in [-0.3, -0.25) is 0 Å². The summed E-state index contributed by atoms with van der Waals surface area (Å²) in [6.45, 7) is 0.410. The van der Waals surface area contributed by atoms with E-state index in [9.17, 15) is 0 Å². The molecule has 0 aliphatic rings. The summed E-state index contributed by atoms with van der Waals surface area (Å²) in [5.41, 5.74) is 0. The minimum atomic E-state index is 0.347. The Morgan fingerprint density at radius 3 is 2.68 bits per heavy atom. The maximum Gasteiger partial charge on any atom is 0.217 e. The Balaban J connectivity index is 1.96. The normalized spacial score (nSPS) is 10.3. The molecular weight excluding hydrogens is 287 g/mol. The molecule has 0 bridgehead atoms. The lowest BCUT2D eigenvalue weighted by molar-refractivity contribution is 0.317. The second-order valence-electron chi connectivity index (χ2n) is 3.68. The molecule has 0 saturated heterocycles. The van der Waals surface area contributed by atoms with E-state index in [1.807, 2.05) is 18.2 Å². The van der Waals surface area contributed by atoms with Crippen molar-refractivity contribution in [3.63, 3.8) is 0 Å². The summed E-state index contributed by atoms with van der Waals surface area (Å²) >= 11 is 11.8. The van der Waals surface area contributed by atoms with Crippen LogP contribution in [-0.4, -0.2) is 23.7 Å². The number of rotatable bonds is 5. The highest BCUT2D eigenvalue weighted by molar-refractivity contribution is 6.32. The first-order valence-corrected chi connectivity index (χ1v) is 6.39. The molecule has 2 rings (SSSR count). The van der Waals surface area contributed by atoms with Gasteiger partial charge in [-0.05, 0) is 12.1 Å². The quantitative estimate of drug-likeness (QED) is 0.794. The Morgan fingerprint density at radius 2 is 1.95 bits per heavy atom. The maximum absolute atomic E-state index is 5.98. The lowest BCUT2D eigenvalue weighted by Crippen LogP contribution is -2.06. The summed E-state index contributed by atoms with van der Waals surface area (Å²) in [4.78, 5) is 8.27. The fourth-order valence-corrected chi connectivity index (χ4v) is 1.85. The number of halogens is 2. The number of nitrogens with zero attached hydrogens (tertiary/aromatic N) is 2. The predicted molar refractivity (Wildman–Crippen MR) is 74.2 cm³/mol. The molecular formula is C13H12Cl2N2O2. The molecule has 0 saturated carbocycles. The molecule has 6 heteroatoms. The highest BCUT2D eigenvalue weighted by Gasteiger charge is 2.05. The number of benzene rings is 1. The van der Waals surface area contributed by atoms with E-state index in [0.29, 0.717) is 40.7 Å². The first kappa shape index (κ1) is 13.9. The van der Waals surface area contributed by atoms with Crippen molar-refractivity contribution >= 4 is 23.2 Å². The summed E-state index contributed by atoms with van der Waals surface area (Å²) in [5.74, 6) is 1.64. The van der Waals surface area contributed by atoms with E-state index in [1.54, 1.807) is 12.1 Å². The molecule has 2 aromatic rings. The Morgan fingerprint density at radius 1 is 1.16 bits per heavy atom. The van der Waals surface area contributed by atoms with Gasteiger partial charge in [0.05, 0.1) is 18.7 Å². The molecule has 0 fully saturated rings. The summed E-state index contributed by atoms with van der Waals surface area (Å²) in [6.07, 6.45) is 0.516. The topological polar surface area (TPSA) is 44.2 Å². The molecule has 100 valence electrons. The van der Waals surface area contributed by atoms with Crippen molar-refractivity contribution in [2.45, 2.75) is 6.42 Å². The molecule has 0 aliphatic carbocycles. The average Bonchev–Trinajstić information content (AvgIpc) is 2.40. The average molecular weight is 299 g/mol. The van der Waals surface area contributed by atoms with Gasteiger partial charge in [0.2, 0.25) is 5.88 Å². The molecule has 0 aliphatic heterocycles. The number of hydrogen-bond donors (Lipinski definition) is 0. The summed E-state index contributed by atoms with van der Waals surface area (Å²) < 4.78 is 10.6. The van der Waals surface area contributed by atoms with Gasteiger partial charge in [0.15, 0.2) is 0 Å². The van der Waals surface area contributed by atoms with Crippen LogP contribution in [0.15, 0.2) is 30.3 Å². The van der Waals surface area contributed by atoms with Crippen molar-refractivity contribution in [3.8, 4) is 11.6 Å². The van der Waals surface area contributed by atoms with Crippen LogP contribution in [0.3, 0.4) is 0 Å².